The predicted octanol–water partition coefficient (Wildman–Crippen LogP) is 5.02. The van der Waals surface area contributed by atoms with Gasteiger partial charge in [-0.2, -0.15) is 0 Å². The molecule has 0 heterocycles. The Balaban J connectivity index is 1.79. The van der Waals surface area contributed by atoms with Gasteiger partial charge < -0.3 is 23.7 Å². The van der Waals surface area contributed by atoms with Crippen LogP contribution in [-0.2, 0) is 15.1 Å². The minimum absolute atomic E-state index is 0.0444. The van der Waals surface area contributed by atoms with Gasteiger partial charge in [0.1, 0.15) is 12.4 Å². The zero-order valence-electron chi connectivity index (χ0n) is 21.2. The van der Waals surface area contributed by atoms with Crippen LogP contribution < -0.4 is 24.3 Å². The van der Waals surface area contributed by atoms with E-state index in [0.29, 0.717) is 34.4 Å². The fourth-order valence-electron chi connectivity index (χ4n) is 3.81. The number of nitrogens with one attached hydrogen (secondary N) is 1. The molecule has 3 aromatic rings. The number of rotatable bonds is 12. The Morgan fingerprint density at radius 3 is 2.05 bits per heavy atom. The van der Waals surface area contributed by atoms with E-state index in [4.69, 9.17) is 35.3 Å². The first-order valence-corrected chi connectivity index (χ1v) is 12.0. The molecule has 8 nitrogen and oxygen atoms in total. The molecule has 9 heteroatoms. The van der Waals surface area contributed by atoms with Crippen LogP contribution in [0.1, 0.15) is 29.3 Å². The topological polar surface area (TPSA) is 92.3 Å². The van der Waals surface area contributed by atoms with Gasteiger partial charge in [0, 0.05) is 5.02 Å². The van der Waals surface area contributed by atoms with Crippen LogP contribution in [0, 0.1) is 0 Å². The molecule has 0 radical (unpaired) electrons. The second-order valence-corrected chi connectivity index (χ2v) is 8.51. The normalized spacial score (nSPS) is 12.2. The van der Waals surface area contributed by atoms with Gasteiger partial charge in [0.2, 0.25) is 5.75 Å². The van der Waals surface area contributed by atoms with Crippen LogP contribution in [0.2, 0.25) is 5.02 Å². The first-order valence-electron chi connectivity index (χ1n) is 11.6. The van der Waals surface area contributed by atoms with Crippen molar-refractivity contribution in [2.45, 2.75) is 18.9 Å². The highest BCUT2D eigenvalue weighted by Gasteiger charge is 2.33. The van der Waals surface area contributed by atoms with Crippen molar-refractivity contribution in [3.8, 4) is 23.0 Å². The Bertz CT molecular complexity index is 1180. The number of methoxy groups -OCH3 is 3. The van der Waals surface area contributed by atoms with Crippen LogP contribution in [0.5, 0.6) is 23.0 Å². The van der Waals surface area contributed by atoms with Crippen LogP contribution in [0.3, 0.4) is 0 Å². The summed E-state index contributed by atoms with van der Waals surface area (Å²) in [4.78, 5) is 25.7. The zero-order valence-corrected chi connectivity index (χ0v) is 22.0. The molecule has 0 spiro atoms. The van der Waals surface area contributed by atoms with Gasteiger partial charge in [0.25, 0.3) is 0 Å². The van der Waals surface area contributed by atoms with E-state index in [1.165, 1.54) is 33.5 Å². The predicted molar refractivity (Wildman–Crippen MR) is 140 cm³/mol. The monoisotopic (exact) mass is 527 g/mol. The number of carbonyl (C=O) groups excluding carboxylic acids is 2. The summed E-state index contributed by atoms with van der Waals surface area (Å²) in [6.45, 7) is 1.78. The number of esters is 2. The van der Waals surface area contributed by atoms with Gasteiger partial charge >= 0.3 is 11.9 Å². The third-order valence-corrected chi connectivity index (χ3v) is 6.15. The first-order chi connectivity index (χ1) is 17.9. The Kier molecular flexibility index (Phi) is 9.77. The second kappa shape index (κ2) is 13.0. The van der Waals surface area contributed by atoms with E-state index >= 15 is 0 Å². The number of carbonyl (C=O) groups is 2. The number of ether oxygens (including phenoxy) is 5. The quantitative estimate of drug-likeness (QED) is 0.259. The summed E-state index contributed by atoms with van der Waals surface area (Å²) < 4.78 is 27.2. The molecular formula is C28H30ClNO7. The molecule has 0 unspecified atom stereocenters. The van der Waals surface area contributed by atoms with Crippen molar-refractivity contribution in [1.29, 1.82) is 0 Å². The molecule has 0 saturated carbocycles. The minimum atomic E-state index is -0.851. The Labute approximate surface area is 221 Å². The number of benzene rings is 3. The fraction of sp³-hybridized carbons (Fsp3) is 0.286. The molecule has 3 rings (SSSR count). The van der Waals surface area contributed by atoms with E-state index in [1.807, 2.05) is 37.3 Å². The van der Waals surface area contributed by atoms with Gasteiger partial charge in [0.15, 0.2) is 11.5 Å². The second-order valence-electron chi connectivity index (χ2n) is 8.07. The number of halogens is 1. The largest absolute Gasteiger partial charge is 0.493 e. The average Bonchev–Trinajstić information content (AvgIpc) is 2.94. The van der Waals surface area contributed by atoms with E-state index in [0.717, 1.165) is 5.56 Å². The summed E-state index contributed by atoms with van der Waals surface area (Å²) in [6.07, 6.45) is 0.522. The summed E-state index contributed by atoms with van der Waals surface area (Å²) in [5, 5.41) is 3.80. The molecule has 0 aliphatic rings. The lowest BCUT2D eigenvalue weighted by atomic mass is 9.88. The van der Waals surface area contributed by atoms with Crippen molar-refractivity contribution in [3.05, 3.63) is 82.9 Å². The minimum Gasteiger partial charge on any atom is -0.493 e. The van der Waals surface area contributed by atoms with Gasteiger partial charge in [-0.05, 0) is 48.4 Å². The summed E-state index contributed by atoms with van der Waals surface area (Å²) in [7, 11) is 4.42. The van der Waals surface area contributed by atoms with Crippen molar-refractivity contribution >= 4 is 23.5 Å². The molecule has 0 bridgehead atoms. The molecule has 0 saturated heterocycles. The Hall–Kier alpha value is -3.75. The molecule has 196 valence electrons. The van der Waals surface area contributed by atoms with Gasteiger partial charge in [-0.3, -0.25) is 10.1 Å². The summed E-state index contributed by atoms with van der Waals surface area (Å²) in [5.74, 6) is 0.343. The molecular weight excluding hydrogens is 498 g/mol. The molecule has 0 aliphatic heterocycles. The molecule has 0 amide bonds. The lowest BCUT2D eigenvalue weighted by molar-refractivity contribution is -0.133. The van der Waals surface area contributed by atoms with Gasteiger partial charge in [-0.15, -0.1) is 0 Å². The van der Waals surface area contributed by atoms with Crippen LogP contribution in [0.15, 0.2) is 66.7 Å². The third-order valence-electron chi connectivity index (χ3n) is 5.90. The van der Waals surface area contributed by atoms with Crippen molar-refractivity contribution in [2.75, 3.05) is 34.5 Å². The first kappa shape index (κ1) is 27.8. The van der Waals surface area contributed by atoms with E-state index in [1.54, 1.807) is 24.3 Å². The van der Waals surface area contributed by atoms with Crippen molar-refractivity contribution in [2.24, 2.45) is 0 Å². The zero-order chi connectivity index (χ0) is 26.8. The Morgan fingerprint density at radius 1 is 0.892 bits per heavy atom. The van der Waals surface area contributed by atoms with Gasteiger partial charge in [0.05, 0.1) is 39.0 Å². The highest BCUT2D eigenvalue weighted by atomic mass is 35.5. The number of hydrogen-bond acceptors (Lipinski definition) is 8. The van der Waals surface area contributed by atoms with Crippen molar-refractivity contribution in [1.82, 2.24) is 5.32 Å². The molecule has 37 heavy (non-hydrogen) atoms. The van der Waals surface area contributed by atoms with Crippen LogP contribution in [0.4, 0.5) is 0 Å². The maximum absolute atomic E-state index is 13.1. The highest BCUT2D eigenvalue weighted by molar-refractivity contribution is 6.30. The summed E-state index contributed by atoms with van der Waals surface area (Å²) in [5.41, 5.74) is 0.237. The molecule has 0 fully saturated rings. The van der Waals surface area contributed by atoms with Crippen LogP contribution >= 0.6 is 11.6 Å². The fourth-order valence-corrected chi connectivity index (χ4v) is 3.93. The lowest BCUT2D eigenvalue weighted by Crippen LogP contribution is -2.49. The Morgan fingerprint density at radius 2 is 1.51 bits per heavy atom. The van der Waals surface area contributed by atoms with E-state index in [-0.39, 0.29) is 18.7 Å². The van der Waals surface area contributed by atoms with Crippen molar-refractivity contribution in [3.63, 3.8) is 0 Å². The van der Waals surface area contributed by atoms with Gasteiger partial charge in [-0.25, -0.2) is 4.79 Å². The van der Waals surface area contributed by atoms with Crippen LogP contribution in [0.25, 0.3) is 0 Å². The van der Waals surface area contributed by atoms with Crippen molar-refractivity contribution < 1.29 is 33.3 Å². The molecule has 3 aromatic carbocycles. The average molecular weight is 528 g/mol. The molecule has 1 atom stereocenters. The SMILES string of the molecule is CC[C@](COC(=O)c1cc(OC)c(OC)c(OC)c1)(NCC(=O)Oc1ccc(Cl)cc1)c1ccccc1. The smallest absolute Gasteiger partial charge is 0.338 e. The third kappa shape index (κ3) is 6.93. The van der Waals surface area contributed by atoms with Crippen LogP contribution in [-0.4, -0.2) is 46.4 Å². The highest BCUT2D eigenvalue weighted by Crippen LogP contribution is 2.38. The van der Waals surface area contributed by atoms with Gasteiger partial charge in [-0.1, -0.05) is 48.9 Å². The summed E-state index contributed by atoms with van der Waals surface area (Å²) in [6, 6.07) is 19.0. The van der Waals surface area contributed by atoms with E-state index in [9.17, 15) is 9.59 Å². The maximum atomic E-state index is 13.1. The molecule has 0 aliphatic carbocycles. The van der Waals surface area contributed by atoms with E-state index < -0.39 is 17.5 Å². The molecule has 0 aromatic heterocycles. The van der Waals surface area contributed by atoms with E-state index in [2.05, 4.69) is 5.32 Å². The maximum Gasteiger partial charge on any atom is 0.338 e. The lowest BCUT2D eigenvalue weighted by Gasteiger charge is -2.34. The molecule has 1 N–H and O–H groups in total. The number of hydrogen-bond donors (Lipinski definition) is 1. The standard InChI is InChI=1S/C28H30ClNO7/c1-5-28(20-9-7-6-8-10-20,30-17-25(31)37-22-13-11-21(29)12-14-22)18-36-27(32)19-15-23(33-2)26(35-4)24(16-19)34-3/h6-16,30H,5,17-18H2,1-4H3/t28-/m1/s1. The summed E-state index contributed by atoms with van der Waals surface area (Å²) >= 11 is 5.89.